The molecule has 0 atom stereocenters. The van der Waals surface area contributed by atoms with E-state index in [1.807, 2.05) is 30.5 Å². The number of hydrogen-bond acceptors (Lipinski definition) is 2. The van der Waals surface area contributed by atoms with Crippen LogP contribution in [0.3, 0.4) is 0 Å². The third-order valence-corrected chi connectivity index (χ3v) is 3.01. The number of benzene rings is 2. The number of para-hydroxylation sites is 1. The number of aromatic nitrogens is 1. The van der Waals surface area contributed by atoms with Gasteiger partial charge in [0.2, 0.25) is 0 Å². The Morgan fingerprint density at radius 1 is 0.941 bits per heavy atom. The van der Waals surface area contributed by atoms with Gasteiger partial charge in [0.25, 0.3) is 0 Å². The van der Waals surface area contributed by atoms with Crippen LogP contribution in [0.2, 0.25) is 0 Å². The summed E-state index contributed by atoms with van der Waals surface area (Å²) in [6.07, 6.45) is 1.93. The summed E-state index contributed by atoms with van der Waals surface area (Å²) >= 11 is 0. The SMILES string of the molecule is Nc1cccc(-c2ccc3cc[nH]c3c2)c1N. The van der Waals surface area contributed by atoms with E-state index in [0.29, 0.717) is 11.4 Å². The molecule has 2 aromatic carbocycles. The van der Waals surface area contributed by atoms with E-state index in [1.54, 1.807) is 0 Å². The second-order valence-corrected chi connectivity index (χ2v) is 4.09. The number of nitrogens with two attached hydrogens (primary N) is 2. The molecule has 1 aromatic heterocycles. The van der Waals surface area contributed by atoms with Gasteiger partial charge in [0, 0.05) is 17.3 Å². The minimum atomic E-state index is 0.620. The Morgan fingerprint density at radius 2 is 1.82 bits per heavy atom. The molecule has 84 valence electrons. The van der Waals surface area contributed by atoms with E-state index in [1.165, 1.54) is 5.39 Å². The predicted molar refractivity (Wildman–Crippen MR) is 72.6 cm³/mol. The van der Waals surface area contributed by atoms with E-state index in [9.17, 15) is 0 Å². The van der Waals surface area contributed by atoms with E-state index in [-0.39, 0.29) is 0 Å². The summed E-state index contributed by atoms with van der Waals surface area (Å²) in [6, 6.07) is 14.0. The molecular weight excluding hydrogens is 210 g/mol. The topological polar surface area (TPSA) is 67.8 Å². The van der Waals surface area contributed by atoms with Crippen LogP contribution in [0.1, 0.15) is 0 Å². The molecule has 0 saturated heterocycles. The first-order valence-corrected chi connectivity index (χ1v) is 5.47. The number of fused-ring (bicyclic) bond motifs is 1. The van der Waals surface area contributed by atoms with Crippen molar-refractivity contribution in [1.82, 2.24) is 4.98 Å². The number of nitrogens with one attached hydrogen (secondary N) is 1. The van der Waals surface area contributed by atoms with Gasteiger partial charge in [-0.15, -0.1) is 0 Å². The zero-order chi connectivity index (χ0) is 11.8. The smallest absolute Gasteiger partial charge is 0.0627 e. The van der Waals surface area contributed by atoms with Crippen molar-refractivity contribution in [2.75, 3.05) is 11.5 Å². The van der Waals surface area contributed by atoms with Crippen molar-refractivity contribution in [3.05, 3.63) is 48.7 Å². The lowest BCUT2D eigenvalue weighted by molar-refractivity contribution is 1.48. The van der Waals surface area contributed by atoms with Crippen molar-refractivity contribution in [3.63, 3.8) is 0 Å². The standard InChI is InChI=1S/C14H13N3/c15-12-3-1-2-11(14(12)16)10-5-4-9-6-7-17-13(9)8-10/h1-8,17H,15-16H2. The Kier molecular flexibility index (Phi) is 2.05. The molecule has 0 radical (unpaired) electrons. The van der Waals surface area contributed by atoms with Crippen LogP contribution >= 0.6 is 0 Å². The quantitative estimate of drug-likeness (QED) is 0.555. The third-order valence-electron chi connectivity index (χ3n) is 3.01. The zero-order valence-corrected chi connectivity index (χ0v) is 9.27. The van der Waals surface area contributed by atoms with Crippen LogP contribution in [0, 0.1) is 0 Å². The summed E-state index contributed by atoms with van der Waals surface area (Å²) in [5, 5.41) is 1.19. The molecule has 17 heavy (non-hydrogen) atoms. The highest BCUT2D eigenvalue weighted by Gasteiger charge is 2.05. The lowest BCUT2D eigenvalue weighted by atomic mass is 10.0. The average molecular weight is 223 g/mol. The van der Waals surface area contributed by atoms with Crippen LogP contribution in [0.25, 0.3) is 22.0 Å². The van der Waals surface area contributed by atoms with Crippen molar-refractivity contribution in [3.8, 4) is 11.1 Å². The molecule has 3 aromatic rings. The molecule has 0 spiro atoms. The molecule has 3 heteroatoms. The van der Waals surface area contributed by atoms with E-state index in [2.05, 4.69) is 23.2 Å². The third kappa shape index (κ3) is 1.52. The number of aromatic amines is 1. The van der Waals surface area contributed by atoms with Gasteiger partial charge < -0.3 is 16.5 Å². The fourth-order valence-electron chi connectivity index (χ4n) is 2.05. The van der Waals surface area contributed by atoms with Gasteiger partial charge in [-0.2, -0.15) is 0 Å². The highest BCUT2D eigenvalue weighted by Crippen LogP contribution is 2.31. The molecule has 0 aliphatic carbocycles. The van der Waals surface area contributed by atoms with Gasteiger partial charge in [-0.1, -0.05) is 24.3 Å². The molecule has 0 saturated carbocycles. The highest BCUT2D eigenvalue weighted by molar-refractivity contribution is 5.90. The van der Waals surface area contributed by atoms with Crippen LogP contribution in [0.5, 0.6) is 0 Å². The van der Waals surface area contributed by atoms with Crippen molar-refractivity contribution < 1.29 is 0 Å². The average Bonchev–Trinajstić information content (AvgIpc) is 2.79. The second kappa shape index (κ2) is 3.56. The zero-order valence-electron chi connectivity index (χ0n) is 9.27. The van der Waals surface area contributed by atoms with E-state index in [0.717, 1.165) is 16.6 Å². The van der Waals surface area contributed by atoms with Crippen molar-refractivity contribution in [2.45, 2.75) is 0 Å². The minimum absolute atomic E-state index is 0.620. The van der Waals surface area contributed by atoms with Gasteiger partial charge in [-0.05, 0) is 29.1 Å². The Balaban J connectivity index is 2.23. The molecule has 0 bridgehead atoms. The lowest BCUT2D eigenvalue weighted by Gasteiger charge is -2.08. The maximum Gasteiger partial charge on any atom is 0.0627 e. The summed E-state index contributed by atoms with van der Waals surface area (Å²) < 4.78 is 0. The highest BCUT2D eigenvalue weighted by atomic mass is 14.7. The van der Waals surface area contributed by atoms with Gasteiger partial charge in [0.15, 0.2) is 0 Å². The summed E-state index contributed by atoms with van der Waals surface area (Å²) in [6.45, 7) is 0. The van der Waals surface area contributed by atoms with Crippen LogP contribution < -0.4 is 11.5 Å². The molecule has 0 unspecified atom stereocenters. The van der Waals surface area contributed by atoms with Crippen LogP contribution in [-0.4, -0.2) is 4.98 Å². The molecule has 0 amide bonds. The van der Waals surface area contributed by atoms with Gasteiger partial charge in [-0.3, -0.25) is 0 Å². The number of rotatable bonds is 1. The number of hydrogen-bond donors (Lipinski definition) is 3. The first kappa shape index (κ1) is 9.78. The summed E-state index contributed by atoms with van der Waals surface area (Å²) in [5.41, 5.74) is 16.2. The molecule has 1 heterocycles. The molecule has 3 rings (SSSR count). The van der Waals surface area contributed by atoms with Crippen LogP contribution in [0.15, 0.2) is 48.7 Å². The summed E-state index contributed by atoms with van der Waals surface area (Å²) in [5.74, 6) is 0. The maximum atomic E-state index is 6.00. The van der Waals surface area contributed by atoms with Gasteiger partial charge in [0.05, 0.1) is 11.4 Å². The molecule has 5 N–H and O–H groups in total. The number of anilines is 2. The Hall–Kier alpha value is -2.42. The maximum absolute atomic E-state index is 6.00. The van der Waals surface area contributed by atoms with Gasteiger partial charge in [0.1, 0.15) is 0 Å². The van der Waals surface area contributed by atoms with Crippen LogP contribution in [0.4, 0.5) is 11.4 Å². The number of H-pyrrole nitrogens is 1. The predicted octanol–water partition coefficient (Wildman–Crippen LogP) is 3.00. The van der Waals surface area contributed by atoms with E-state index < -0.39 is 0 Å². The molecule has 0 aliphatic rings. The fraction of sp³-hybridized carbons (Fsp3) is 0. The fourth-order valence-corrected chi connectivity index (χ4v) is 2.05. The number of nitrogen functional groups attached to an aromatic ring is 2. The van der Waals surface area contributed by atoms with Crippen molar-refractivity contribution in [2.24, 2.45) is 0 Å². The first-order valence-electron chi connectivity index (χ1n) is 5.47. The molecule has 3 nitrogen and oxygen atoms in total. The monoisotopic (exact) mass is 223 g/mol. The van der Waals surface area contributed by atoms with Crippen molar-refractivity contribution in [1.29, 1.82) is 0 Å². The second-order valence-electron chi connectivity index (χ2n) is 4.09. The largest absolute Gasteiger partial charge is 0.397 e. The van der Waals surface area contributed by atoms with Gasteiger partial charge >= 0.3 is 0 Å². The van der Waals surface area contributed by atoms with Gasteiger partial charge in [-0.25, -0.2) is 0 Å². The summed E-state index contributed by atoms with van der Waals surface area (Å²) in [7, 11) is 0. The normalized spacial score (nSPS) is 10.8. The Labute approximate surface area is 99.1 Å². The molecular formula is C14H13N3. The van der Waals surface area contributed by atoms with Crippen LogP contribution in [-0.2, 0) is 0 Å². The molecule has 0 fully saturated rings. The summed E-state index contributed by atoms with van der Waals surface area (Å²) in [4.78, 5) is 3.19. The minimum Gasteiger partial charge on any atom is -0.397 e. The lowest BCUT2D eigenvalue weighted by Crippen LogP contribution is -1.96. The van der Waals surface area contributed by atoms with Crippen molar-refractivity contribution >= 4 is 22.3 Å². The molecule has 0 aliphatic heterocycles. The Morgan fingerprint density at radius 3 is 2.71 bits per heavy atom. The first-order chi connectivity index (χ1) is 8.25. The van der Waals surface area contributed by atoms with E-state index >= 15 is 0 Å². The van der Waals surface area contributed by atoms with E-state index in [4.69, 9.17) is 11.5 Å². The Bertz CT molecular complexity index is 683.